The van der Waals surface area contributed by atoms with Gasteiger partial charge in [-0.05, 0) is 57.8 Å². The highest BCUT2D eigenvalue weighted by Crippen LogP contribution is 2.22. The smallest absolute Gasteiger partial charge is 0.0695 e. The van der Waals surface area contributed by atoms with Crippen molar-refractivity contribution < 1.29 is 5.11 Å². The Morgan fingerprint density at radius 1 is 1.28 bits per heavy atom. The number of hydrogen-bond acceptors (Lipinski definition) is 4. The molecule has 2 heterocycles. The number of aliphatic hydroxyl groups is 1. The van der Waals surface area contributed by atoms with Gasteiger partial charge < -0.3 is 15.3 Å². The number of rotatable bonds is 7. The Labute approximate surface area is 150 Å². The Morgan fingerprint density at radius 3 is 2.68 bits per heavy atom. The third kappa shape index (κ3) is 5.14. The van der Waals surface area contributed by atoms with E-state index in [2.05, 4.69) is 51.6 Å². The van der Waals surface area contributed by atoms with E-state index < -0.39 is 0 Å². The lowest BCUT2D eigenvalue weighted by Gasteiger charge is -2.32. The molecule has 0 amide bonds. The second kappa shape index (κ2) is 8.61. The first-order valence-corrected chi connectivity index (χ1v) is 9.32. The van der Waals surface area contributed by atoms with E-state index in [4.69, 9.17) is 0 Å². The van der Waals surface area contributed by atoms with E-state index in [-0.39, 0.29) is 6.10 Å². The van der Waals surface area contributed by atoms with Gasteiger partial charge in [0.05, 0.1) is 18.0 Å². The molecular weight excluding hydrogens is 312 g/mol. The summed E-state index contributed by atoms with van der Waals surface area (Å²) in [4.78, 5) is 2.37. The molecule has 1 aliphatic heterocycles. The van der Waals surface area contributed by atoms with Crippen LogP contribution in [0.2, 0.25) is 0 Å². The minimum atomic E-state index is -0.226. The van der Waals surface area contributed by atoms with E-state index >= 15 is 0 Å². The molecule has 0 aliphatic carbocycles. The summed E-state index contributed by atoms with van der Waals surface area (Å²) >= 11 is 0. The average molecular weight is 342 g/mol. The molecule has 1 aromatic carbocycles. The Bertz CT molecular complexity index is 642. The van der Waals surface area contributed by atoms with E-state index in [1.807, 2.05) is 13.1 Å². The Kier molecular flexibility index (Phi) is 6.24. The summed E-state index contributed by atoms with van der Waals surface area (Å²) < 4.78 is 0. The molecule has 1 fully saturated rings. The van der Waals surface area contributed by atoms with Crippen LogP contribution in [0.3, 0.4) is 0 Å². The van der Waals surface area contributed by atoms with Crippen molar-refractivity contribution in [3.63, 3.8) is 0 Å². The number of aryl methyl sites for hydroxylation is 1. The number of nitrogens with zero attached hydrogens (tertiary/aromatic N) is 2. The summed E-state index contributed by atoms with van der Waals surface area (Å²) in [5.74, 6) is 0.722. The summed E-state index contributed by atoms with van der Waals surface area (Å²) in [5.41, 5.74) is 4.78. The monoisotopic (exact) mass is 342 g/mol. The van der Waals surface area contributed by atoms with Gasteiger partial charge >= 0.3 is 0 Å². The minimum absolute atomic E-state index is 0.226. The van der Waals surface area contributed by atoms with Gasteiger partial charge in [-0.25, -0.2) is 0 Å². The minimum Gasteiger partial charge on any atom is -0.392 e. The lowest BCUT2D eigenvalue weighted by Crippen LogP contribution is -2.40. The van der Waals surface area contributed by atoms with Gasteiger partial charge in [0.25, 0.3) is 0 Å². The van der Waals surface area contributed by atoms with Gasteiger partial charge in [-0.15, -0.1) is 0 Å². The van der Waals surface area contributed by atoms with Crippen LogP contribution in [0.25, 0.3) is 11.3 Å². The van der Waals surface area contributed by atoms with Crippen molar-refractivity contribution in [3.8, 4) is 11.3 Å². The van der Waals surface area contributed by atoms with Crippen molar-refractivity contribution in [3.05, 3.63) is 41.6 Å². The van der Waals surface area contributed by atoms with Crippen molar-refractivity contribution in [2.75, 3.05) is 26.2 Å². The number of aromatic amines is 1. The van der Waals surface area contributed by atoms with Crippen molar-refractivity contribution in [2.24, 2.45) is 5.92 Å². The summed E-state index contributed by atoms with van der Waals surface area (Å²) in [7, 11) is 0. The molecule has 1 atom stereocenters. The predicted octanol–water partition coefficient (Wildman–Crippen LogP) is 2.57. The lowest BCUT2D eigenvalue weighted by molar-refractivity contribution is 0.0998. The highest BCUT2D eigenvalue weighted by molar-refractivity contribution is 5.62. The van der Waals surface area contributed by atoms with Crippen molar-refractivity contribution >= 4 is 0 Å². The molecular formula is C20H30N4O. The van der Waals surface area contributed by atoms with E-state index in [0.29, 0.717) is 0 Å². The van der Waals surface area contributed by atoms with Gasteiger partial charge in [-0.2, -0.15) is 5.10 Å². The zero-order valence-corrected chi connectivity index (χ0v) is 15.3. The highest BCUT2D eigenvalue weighted by atomic mass is 16.3. The van der Waals surface area contributed by atoms with Gasteiger partial charge in [0.15, 0.2) is 0 Å². The maximum absolute atomic E-state index is 9.49. The molecule has 1 aliphatic rings. The van der Waals surface area contributed by atoms with Crippen LogP contribution in [-0.4, -0.2) is 52.5 Å². The van der Waals surface area contributed by atoms with Crippen LogP contribution in [0.5, 0.6) is 0 Å². The Morgan fingerprint density at radius 2 is 2.00 bits per heavy atom. The quantitative estimate of drug-likeness (QED) is 0.724. The molecule has 0 bridgehead atoms. The summed E-state index contributed by atoms with van der Waals surface area (Å²) in [6.07, 6.45) is 4.11. The topological polar surface area (TPSA) is 64.2 Å². The van der Waals surface area contributed by atoms with Crippen LogP contribution in [0.4, 0.5) is 0 Å². The summed E-state index contributed by atoms with van der Waals surface area (Å²) in [6.45, 7) is 8.84. The van der Waals surface area contributed by atoms with Crippen molar-refractivity contribution in [2.45, 2.75) is 39.3 Å². The van der Waals surface area contributed by atoms with Crippen LogP contribution in [0, 0.1) is 12.8 Å². The first-order valence-electron chi connectivity index (χ1n) is 9.32. The molecule has 5 nitrogen and oxygen atoms in total. The number of nitrogens with one attached hydrogen (secondary N) is 2. The van der Waals surface area contributed by atoms with Crippen LogP contribution in [0.15, 0.2) is 30.5 Å². The van der Waals surface area contributed by atoms with E-state index in [9.17, 15) is 5.11 Å². The van der Waals surface area contributed by atoms with E-state index in [1.54, 1.807) is 0 Å². The Hall–Kier alpha value is -1.69. The number of piperidine rings is 1. The molecule has 5 heteroatoms. The fourth-order valence-electron chi connectivity index (χ4n) is 3.57. The fourth-order valence-corrected chi connectivity index (χ4v) is 3.57. The number of hydrogen-bond donors (Lipinski definition) is 3. The number of aliphatic hydroxyl groups excluding tert-OH is 1. The lowest BCUT2D eigenvalue weighted by atomic mass is 9.96. The van der Waals surface area contributed by atoms with Gasteiger partial charge in [0, 0.05) is 18.7 Å². The third-order valence-corrected chi connectivity index (χ3v) is 5.04. The second-order valence-corrected chi connectivity index (χ2v) is 7.36. The molecule has 1 aromatic heterocycles. The number of benzene rings is 1. The van der Waals surface area contributed by atoms with Crippen LogP contribution in [0.1, 0.15) is 30.9 Å². The maximum Gasteiger partial charge on any atom is 0.0695 e. The van der Waals surface area contributed by atoms with E-state index in [1.165, 1.54) is 29.5 Å². The maximum atomic E-state index is 9.49. The molecule has 0 radical (unpaired) electrons. The van der Waals surface area contributed by atoms with Gasteiger partial charge in [-0.3, -0.25) is 5.10 Å². The summed E-state index contributed by atoms with van der Waals surface area (Å²) in [5, 5.41) is 20.5. The zero-order chi connectivity index (χ0) is 17.6. The molecule has 0 unspecified atom stereocenters. The number of aromatic nitrogens is 2. The highest BCUT2D eigenvalue weighted by Gasteiger charge is 2.19. The van der Waals surface area contributed by atoms with Crippen LogP contribution >= 0.6 is 0 Å². The van der Waals surface area contributed by atoms with E-state index in [0.717, 1.165) is 44.3 Å². The largest absolute Gasteiger partial charge is 0.392 e. The molecule has 0 saturated carbocycles. The molecule has 3 N–H and O–H groups in total. The number of likely N-dealkylation sites (tertiary alicyclic amines) is 1. The molecule has 3 rings (SSSR count). The van der Waals surface area contributed by atoms with Crippen molar-refractivity contribution in [1.29, 1.82) is 0 Å². The fraction of sp³-hybridized carbons (Fsp3) is 0.550. The SMILES string of the molecule is Cc1ccc(-c2[nH]ncc2CNCC2CCN(C[C@@H](C)O)CC2)cc1. The normalized spacial score (nSPS) is 17.7. The third-order valence-electron chi connectivity index (χ3n) is 5.04. The van der Waals surface area contributed by atoms with Crippen molar-refractivity contribution in [1.82, 2.24) is 20.4 Å². The first-order chi connectivity index (χ1) is 12.1. The predicted molar refractivity (Wildman–Crippen MR) is 101 cm³/mol. The Balaban J connectivity index is 1.46. The molecule has 2 aromatic rings. The van der Waals surface area contributed by atoms with Crippen LogP contribution in [-0.2, 0) is 6.54 Å². The van der Waals surface area contributed by atoms with Crippen LogP contribution < -0.4 is 5.32 Å². The standard InChI is InChI=1S/C20H30N4O/c1-15-3-5-18(6-4-15)20-19(13-22-23-20)12-21-11-17-7-9-24(10-8-17)14-16(2)25/h3-6,13,16-17,21,25H,7-12,14H2,1-2H3,(H,22,23)/t16-/m1/s1. The average Bonchev–Trinajstić information content (AvgIpc) is 3.05. The molecule has 25 heavy (non-hydrogen) atoms. The van der Waals surface area contributed by atoms with Gasteiger partial charge in [0.1, 0.15) is 0 Å². The summed E-state index contributed by atoms with van der Waals surface area (Å²) in [6, 6.07) is 8.55. The number of β-amino-alcohol motifs (C(OH)–C–C–N with tert-alkyl or cyclic N) is 1. The first kappa shape index (κ1) is 18.1. The molecule has 1 saturated heterocycles. The molecule has 0 spiro atoms. The second-order valence-electron chi connectivity index (χ2n) is 7.36. The zero-order valence-electron chi connectivity index (χ0n) is 15.3. The van der Waals surface area contributed by atoms with Gasteiger partial charge in [0.2, 0.25) is 0 Å². The van der Waals surface area contributed by atoms with Gasteiger partial charge in [-0.1, -0.05) is 29.8 Å². The number of H-pyrrole nitrogens is 1. The molecule has 136 valence electrons.